The molecule has 1 fully saturated rings. The molecule has 10 heteroatoms. The minimum Gasteiger partial charge on any atom is -0.369 e. The standard InChI is InChI=1S/C10H12F3N3O3S/c1-3-19-7-6(17)16(9(18)15(7)2)8-14-4-5(20-8)10(11,12)13/h4,6-7,17H,3H2,1-2H3/t6?,7-/m1/s1. The van der Waals surface area contributed by atoms with E-state index in [9.17, 15) is 23.1 Å². The Morgan fingerprint density at radius 1 is 1.55 bits per heavy atom. The number of rotatable bonds is 3. The van der Waals surface area contributed by atoms with Crippen molar-refractivity contribution in [3.8, 4) is 0 Å². The highest BCUT2D eigenvalue weighted by molar-refractivity contribution is 7.15. The van der Waals surface area contributed by atoms with Gasteiger partial charge >= 0.3 is 12.2 Å². The first-order valence-electron chi connectivity index (χ1n) is 5.66. The van der Waals surface area contributed by atoms with Gasteiger partial charge in [-0.05, 0) is 6.92 Å². The number of nitrogens with zero attached hydrogens (tertiary/aromatic N) is 3. The predicted octanol–water partition coefficient (Wildman–Crippen LogP) is 1.71. The number of halogens is 3. The summed E-state index contributed by atoms with van der Waals surface area (Å²) < 4.78 is 42.8. The molecule has 0 bridgehead atoms. The SMILES string of the molecule is CCO[C@@H]1C(O)N(c2ncc(C(F)(F)F)s2)C(=O)N1C. The zero-order valence-electron chi connectivity index (χ0n) is 10.6. The third kappa shape index (κ3) is 2.45. The molecule has 20 heavy (non-hydrogen) atoms. The lowest BCUT2D eigenvalue weighted by Crippen LogP contribution is -2.38. The number of alkyl halides is 3. The first-order chi connectivity index (χ1) is 9.27. The topological polar surface area (TPSA) is 65.9 Å². The van der Waals surface area contributed by atoms with Crippen molar-refractivity contribution in [3.05, 3.63) is 11.1 Å². The largest absolute Gasteiger partial charge is 0.427 e. The third-order valence-corrected chi connectivity index (χ3v) is 3.77. The van der Waals surface area contributed by atoms with Crippen LogP contribution >= 0.6 is 11.3 Å². The summed E-state index contributed by atoms with van der Waals surface area (Å²) in [6.45, 7) is 1.93. The molecule has 1 aromatic heterocycles. The first-order valence-corrected chi connectivity index (χ1v) is 6.47. The van der Waals surface area contributed by atoms with E-state index in [0.29, 0.717) is 17.5 Å². The summed E-state index contributed by atoms with van der Waals surface area (Å²) in [5, 5.41) is 9.79. The number of anilines is 1. The van der Waals surface area contributed by atoms with Gasteiger partial charge in [0.05, 0.1) is 6.20 Å². The molecule has 1 aliphatic heterocycles. The van der Waals surface area contributed by atoms with Gasteiger partial charge in [-0.15, -0.1) is 0 Å². The van der Waals surface area contributed by atoms with Gasteiger partial charge in [-0.1, -0.05) is 11.3 Å². The first kappa shape index (κ1) is 15.0. The van der Waals surface area contributed by atoms with Crippen molar-refractivity contribution in [3.63, 3.8) is 0 Å². The lowest BCUT2D eigenvalue weighted by atomic mass is 10.5. The van der Waals surface area contributed by atoms with Crippen LogP contribution in [0.15, 0.2) is 6.20 Å². The maximum atomic E-state index is 12.5. The van der Waals surface area contributed by atoms with Gasteiger partial charge in [-0.3, -0.25) is 4.90 Å². The summed E-state index contributed by atoms with van der Waals surface area (Å²) in [5.41, 5.74) is 0. The lowest BCUT2D eigenvalue weighted by molar-refractivity contribution is -0.134. The van der Waals surface area contributed by atoms with Crippen LogP contribution in [0, 0.1) is 0 Å². The van der Waals surface area contributed by atoms with E-state index in [1.807, 2.05) is 0 Å². The molecule has 2 heterocycles. The lowest BCUT2D eigenvalue weighted by Gasteiger charge is -2.20. The second-order valence-corrected chi connectivity index (χ2v) is 5.04. The Morgan fingerprint density at radius 2 is 2.20 bits per heavy atom. The van der Waals surface area contributed by atoms with Crippen molar-refractivity contribution < 1.29 is 27.8 Å². The molecule has 1 N–H and O–H groups in total. The van der Waals surface area contributed by atoms with Crippen LogP contribution in [0.4, 0.5) is 23.1 Å². The highest BCUT2D eigenvalue weighted by atomic mass is 32.1. The fourth-order valence-electron chi connectivity index (χ4n) is 1.79. The maximum absolute atomic E-state index is 12.5. The number of thiazole rings is 1. The van der Waals surface area contributed by atoms with Gasteiger partial charge in [0.15, 0.2) is 17.6 Å². The van der Waals surface area contributed by atoms with E-state index >= 15 is 0 Å². The van der Waals surface area contributed by atoms with Crippen LogP contribution in [0.25, 0.3) is 0 Å². The molecule has 0 aromatic carbocycles. The van der Waals surface area contributed by atoms with Crippen LogP contribution in [0.3, 0.4) is 0 Å². The number of likely N-dealkylation sites (N-methyl/N-ethyl adjacent to an activating group) is 1. The summed E-state index contributed by atoms with van der Waals surface area (Å²) in [6.07, 6.45) is -6.24. The van der Waals surface area contributed by atoms with Crippen LogP contribution in [0.5, 0.6) is 0 Å². The zero-order valence-corrected chi connectivity index (χ0v) is 11.4. The van der Waals surface area contributed by atoms with E-state index in [1.54, 1.807) is 6.92 Å². The molecular weight excluding hydrogens is 299 g/mol. The van der Waals surface area contributed by atoms with E-state index in [-0.39, 0.29) is 11.7 Å². The Kier molecular flexibility index (Phi) is 3.89. The van der Waals surface area contributed by atoms with E-state index in [1.165, 1.54) is 7.05 Å². The molecule has 2 amide bonds. The number of aromatic nitrogens is 1. The zero-order chi connectivity index (χ0) is 15.1. The second kappa shape index (κ2) is 5.19. The molecule has 0 saturated carbocycles. The van der Waals surface area contributed by atoms with Crippen molar-refractivity contribution in [1.82, 2.24) is 9.88 Å². The van der Waals surface area contributed by atoms with Crippen LogP contribution in [-0.2, 0) is 10.9 Å². The molecule has 0 radical (unpaired) electrons. The van der Waals surface area contributed by atoms with E-state index in [4.69, 9.17) is 4.74 Å². The predicted molar refractivity (Wildman–Crippen MR) is 64.2 cm³/mol. The molecule has 0 spiro atoms. The van der Waals surface area contributed by atoms with Crippen LogP contribution in [-0.4, -0.2) is 47.1 Å². The number of aliphatic hydroxyl groups is 1. The summed E-state index contributed by atoms with van der Waals surface area (Å²) in [6, 6.07) is -0.668. The molecule has 1 saturated heterocycles. The molecule has 6 nitrogen and oxygen atoms in total. The minimum absolute atomic E-state index is 0.219. The van der Waals surface area contributed by atoms with Crippen LogP contribution in [0.2, 0.25) is 0 Å². The van der Waals surface area contributed by atoms with Crippen LogP contribution in [0.1, 0.15) is 11.8 Å². The van der Waals surface area contributed by atoms with Crippen molar-refractivity contribution >= 4 is 22.5 Å². The van der Waals surface area contributed by atoms with Crippen molar-refractivity contribution in [2.24, 2.45) is 0 Å². The number of hydrogen-bond acceptors (Lipinski definition) is 5. The molecule has 2 rings (SSSR count). The Hall–Kier alpha value is -1.39. The number of aliphatic hydroxyl groups excluding tert-OH is 1. The quantitative estimate of drug-likeness (QED) is 0.923. The van der Waals surface area contributed by atoms with Gasteiger partial charge in [0.1, 0.15) is 4.88 Å². The fraction of sp³-hybridized carbons (Fsp3) is 0.600. The molecule has 1 unspecified atom stereocenters. The highest BCUT2D eigenvalue weighted by Crippen LogP contribution is 2.38. The third-order valence-electron chi connectivity index (χ3n) is 2.73. The van der Waals surface area contributed by atoms with Gasteiger partial charge in [0, 0.05) is 13.7 Å². The average molecular weight is 311 g/mol. The minimum atomic E-state index is -4.53. The summed E-state index contributed by atoms with van der Waals surface area (Å²) >= 11 is 0.294. The van der Waals surface area contributed by atoms with E-state index in [2.05, 4.69) is 4.98 Å². The number of carbonyl (C=O) groups is 1. The molecule has 2 atom stereocenters. The number of amides is 2. The van der Waals surface area contributed by atoms with E-state index in [0.717, 1.165) is 9.80 Å². The number of carbonyl (C=O) groups excluding carboxylic acids is 1. The summed E-state index contributed by atoms with van der Waals surface area (Å²) in [4.78, 5) is 16.5. The van der Waals surface area contributed by atoms with Gasteiger partial charge in [0.2, 0.25) is 0 Å². The highest BCUT2D eigenvalue weighted by Gasteiger charge is 2.46. The molecule has 1 aliphatic rings. The number of hydrogen-bond donors (Lipinski definition) is 1. The monoisotopic (exact) mass is 311 g/mol. The smallest absolute Gasteiger partial charge is 0.369 e. The normalized spacial score (nSPS) is 23.8. The van der Waals surface area contributed by atoms with Crippen molar-refractivity contribution in [1.29, 1.82) is 0 Å². The Bertz CT molecular complexity index is 507. The summed E-state index contributed by atoms with van der Waals surface area (Å²) in [7, 11) is 1.39. The molecule has 0 aliphatic carbocycles. The van der Waals surface area contributed by atoms with Crippen molar-refractivity contribution in [2.75, 3.05) is 18.6 Å². The molecule has 1 aromatic rings. The number of ether oxygens (including phenoxy) is 1. The Labute approximate surface area is 116 Å². The number of urea groups is 1. The van der Waals surface area contributed by atoms with Gasteiger partial charge in [-0.2, -0.15) is 13.2 Å². The van der Waals surface area contributed by atoms with Gasteiger partial charge in [0.25, 0.3) is 0 Å². The Balaban J connectivity index is 2.28. The molecular formula is C10H12F3N3O3S. The van der Waals surface area contributed by atoms with Crippen molar-refractivity contribution in [2.45, 2.75) is 25.6 Å². The second-order valence-electron chi connectivity index (χ2n) is 4.03. The van der Waals surface area contributed by atoms with E-state index < -0.39 is 29.5 Å². The average Bonchev–Trinajstić information content (AvgIpc) is 2.90. The van der Waals surface area contributed by atoms with Gasteiger partial charge in [-0.25, -0.2) is 14.7 Å². The van der Waals surface area contributed by atoms with Crippen LogP contribution < -0.4 is 4.90 Å². The summed E-state index contributed by atoms with van der Waals surface area (Å²) in [5.74, 6) is 0. The Morgan fingerprint density at radius 3 is 2.70 bits per heavy atom. The van der Waals surface area contributed by atoms with Gasteiger partial charge < -0.3 is 9.84 Å². The maximum Gasteiger partial charge on any atom is 0.427 e. The molecule has 112 valence electrons. The fourth-order valence-corrected chi connectivity index (χ4v) is 2.60.